The summed E-state index contributed by atoms with van der Waals surface area (Å²) in [6.07, 6.45) is 3.15. The molecule has 176 valence electrons. The first kappa shape index (κ1) is 27.1. The number of amides is 1. The lowest BCUT2D eigenvalue weighted by Gasteiger charge is -2.34. The molecule has 31 heavy (non-hydrogen) atoms. The van der Waals surface area contributed by atoms with E-state index in [1.165, 1.54) is 0 Å². The molecule has 1 amide bonds. The van der Waals surface area contributed by atoms with E-state index in [0.29, 0.717) is 19.6 Å². The minimum atomic E-state index is -0.493. The molecular weight excluding hydrogens is 511 g/mol. The smallest absolute Gasteiger partial charge is 0.407 e. The monoisotopic (exact) mass is 548 g/mol. The van der Waals surface area contributed by atoms with Crippen LogP contribution in [0.25, 0.3) is 0 Å². The van der Waals surface area contributed by atoms with Crippen molar-refractivity contribution >= 4 is 42.0 Å². The van der Waals surface area contributed by atoms with Gasteiger partial charge in [-0.15, -0.1) is 24.0 Å². The van der Waals surface area contributed by atoms with E-state index in [1.54, 1.807) is 12.4 Å². The Morgan fingerprint density at radius 3 is 2.35 bits per heavy atom. The molecule has 1 aromatic heterocycles. The number of hydrogen-bond acceptors (Lipinski definition) is 7. The Hall–Kier alpha value is -1.89. The summed E-state index contributed by atoms with van der Waals surface area (Å²) in [5, 5.41) is 9.19. The Kier molecular flexibility index (Phi) is 12.5. The van der Waals surface area contributed by atoms with Gasteiger partial charge in [0.05, 0.1) is 6.54 Å². The second-order valence-electron chi connectivity index (χ2n) is 7.99. The summed E-state index contributed by atoms with van der Waals surface area (Å²) >= 11 is 0. The van der Waals surface area contributed by atoms with Gasteiger partial charge >= 0.3 is 6.09 Å². The third kappa shape index (κ3) is 11.3. The predicted octanol–water partition coefficient (Wildman–Crippen LogP) is 1.30. The third-order valence-electron chi connectivity index (χ3n) is 4.32. The van der Waals surface area contributed by atoms with Crippen LogP contribution in [0.15, 0.2) is 23.5 Å². The number of anilines is 1. The molecular formula is C20H37IN8O2. The van der Waals surface area contributed by atoms with Crippen molar-refractivity contribution in [1.29, 1.82) is 0 Å². The number of halogens is 1. The van der Waals surface area contributed by atoms with E-state index in [0.717, 1.165) is 51.2 Å². The number of aliphatic imine (C=N–C) groups is 1. The number of carbonyl (C=O) groups excluding carboxylic acids is 1. The summed E-state index contributed by atoms with van der Waals surface area (Å²) in [5.41, 5.74) is -0.493. The number of nitrogens with one attached hydrogen (secondary N) is 3. The molecule has 1 aromatic rings. The number of ether oxygens (including phenoxy) is 1. The maximum atomic E-state index is 11.7. The molecule has 1 aliphatic rings. The van der Waals surface area contributed by atoms with Crippen LogP contribution in [0.5, 0.6) is 0 Å². The van der Waals surface area contributed by atoms with Crippen LogP contribution in [0.2, 0.25) is 0 Å². The topological polar surface area (TPSA) is 107 Å². The highest BCUT2D eigenvalue weighted by Gasteiger charge is 2.18. The molecule has 1 saturated heterocycles. The summed E-state index contributed by atoms with van der Waals surface area (Å²) in [6, 6.07) is 1.83. The van der Waals surface area contributed by atoms with Gasteiger partial charge in [-0.05, 0) is 33.8 Å². The van der Waals surface area contributed by atoms with Gasteiger partial charge in [0.15, 0.2) is 5.96 Å². The molecule has 0 atom stereocenters. The van der Waals surface area contributed by atoms with E-state index in [4.69, 9.17) is 4.74 Å². The fraction of sp³-hybridized carbons (Fsp3) is 0.700. The fourth-order valence-corrected chi connectivity index (χ4v) is 2.93. The van der Waals surface area contributed by atoms with Gasteiger partial charge in [-0.25, -0.2) is 14.8 Å². The second kappa shape index (κ2) is 14.2. The van der Waals surface area contributed by atoms with Crippen molar-refractivity contribution in [3.8, 4) is 0 Å². The first-order valence-corrected chi connectivity index (χ1v) is 10.6. The molecule has 11 heteroatoms. The van der Waals surface area contributed by atoms with Gasteiger partial charge in [0.25, 0.3) is 0 Å². The number of piperazine rings is 1. The van der Waals surface area contributed by atoms with Gasteiger partial charge in [0.1, 0.15) is 5.60 Å². The van der Waals surface area contributed by atoms with E-state index < -0.39 is 11.7 Å². The summed E-state index contributed by atoms with van der Waals surface area (Å²) in [6.45, 7) is 14.8. The summed E-state index contributed by atoms with van der Waals surface area (Å²) in [5.74, 6) is 1.55. The minimum absolute atomic E-state index is 0. The van der Waals surface area contributed by atoms with E-state index in [2.05, 4.69) is 40.7 Å². The maximum Gasteiger partial charge on any atom is 0.407 e. The molecule has 0 unspecified atom stereocenters. The van der Waals surface area contributed by atoms with Crippen LogP contribution in [0.3, 0.4) is 0 Å². The Bertz CT molecular complexity index is 661. The van der Waals surface area contributed by atoms with Crippen LogP contribution in [0.4, 0.5) is 10.7 Å². The quantitative estimate of drug-likeness (QED) is 0.193. The Balaban J connectivity index is 0.00000480. The van der Waals surface area contributed by atoms with Crippen molar-refractivity contribution in [2.75, 3.05) is 63.8 Å². The number of nitrogens with zero attached hydrogens (tertiary/aromatic N) is 5. The number of guanidine groups is 1. The number of carbonyl (C=O) groups is 1. The molecule has 3 N–H and O–H groups in total. The van der Waals surface area contributed by atoms with E-state index in [-0.39, 0.29) is 24.0 Å². The van der Waals surface area contributed by atoms with Crippen LogP contribution in [0, 0.1) is 0 Å². The van der Waals surface area contributed by atoms with Crippen molar-refractivity contribution < 1.29 is 9.53 Å². The zero-order valence-corrected chi connectivity index (χ0v) is 21.4. The first-order chi connectivity index (χ1) is 14.4. The lowest BCUT2D eigenvalue weighted by atomic mass is 10.2. The van der Waals surface area contributed by atoms with Crippen LogP contribution in [-0.2, 0) is 4.74 Å². The molecule has 0 aromatic carbocycles. The van der Waals surface area contributed by atoms with Crippen molar-refractivity contribution in [1.82, 2.24) is 30.8 Å². The molecule has 0 bridgehead atoms. The van der Waals surface area contributed by atoms with E-state index in [1.807, 2.05) is 33.8 Å². The average Bonchev–Trinajstić information content (AvgIpc) is 2.71. The van der Waals surface area contributed by atoms with Gasteiger partial charge in [-0.1, -0.05) is 0 Å². The van der Waals surface area contributed by atoms with Crippen LogP contribution >= 0.6 is 24.0 Å². The van der Waals surface area contributed by atoms with Gasteiger partial charge in [0, 0.05) is 64.8 Å². The van der Waals surface area contributed by atoms with Crippen LogP contribution in [0.1, 0.15) is 27.7 Å². The first-order valence-electron chi connectivity index (χ1n) is 10.6. The molecule has 1 fully saturated rings. The molecule has 1 aliphatic heterocycles. The highest BCUT2D eigenvalue weighted by atomic mass is 127. The zero-order chi connectivity index (χ0) is 21.8. The third-order valence-corrected chi connectivity index (χ3v) is 4.32. The van der Waals surface area contributed by atoms with Crippen LogP contribution < -0.4 is 20.9 Å². The normalized spacial score (nSPS) is 15.1. The highest BCUT2D eigenvalue weighted by molar-refractivity contribution is 14.0. The highest BCUT2D eigenvalue weighted by Crippen LogP contribution is 2.09. The molecule has 0 spiro atoms. The SMILES string of the molecule is CCNC(=NCCN1CCN(c2ncccn2)CC1)NCCNC(=O)OC(C)(C)C.I. The number of aromatic nitrogens is 2. The Morgan fingerprint density at radius 2 is 1.74 bits per heavy atom. The predicted molar refractivity (Wildman–Crippen MR) is 134 cm³/mol. The van der Waals surface area contributed by atoms with E-state index in [9.17, 15) is 4.79 Å². The summed E-state index contributed by atoms with van der Waals surface area (Å²) < 4.78 is 5.22. The molecule has 0 aliphatic carbocycles. The number of rotatable bonds is 8. The van der Waals surface area contributed by atoms with Crippen molar-refractivity contribution in [2.24, 2.45) is 4.99 Å². The molecule has 2 heterocycles. The molecule has 0 saturated carbocycles. The largest absolute Gasteiger partial charge is 0.444 e. The Morgan fingerprint density at radius 1 is 1.10 bits per heavy atom. The minimum Gasteiger partial charge on any atom is -0.444 e. The van der Waals surface area contributed by atoms with Crippen molar-refractivity contribution in [2.45, 2.75) is 33.3 Å². The average molecular weight is 548 g/mol. The zero-order valence-electron chi connectivity index (χ0n) is 19.1. The summed E-state index contributed by atoms with van der Waals surface area (Å²) in [4.78, 5) is 29.5. The standard InChI is InChI=1S/C20H36N8O2.HI/c1-5-21-17(22-9-10-26-19(29)30-20(2,3)4)23-11-12-27-13-15-28(16-14-27)18-24-7-6-8-25-18;/h6-8H,5,9-16H2,1-4H3,(H,26,29)(H2,21,22,23);1H. The lowest BCUT2D eigenvalue weighted by molar-refractivity contribution is 0.0529. The molecule has 10 nitrogen and oxygen atoms in total. The molecule has 0 radical (unpaired) electrons. The number of alkyl carbamates (subject to hydrolysis) is 1. The fourth-order valence-electron chi connectivity index (χ4n) is 2.93. The van der Waals surface area contributed by atoms with Crippen molar-refractivity contribution in [3.05, 3.63) is 18.5 Å². The second-order valence-corrected chi connectivity index (χ2v) is 7.99. The Labute approximate surface area is 202 Å². The van der Waals surface area contributed by atoms with E-state index >= 15 is 0 Å². The number of hydrogen-bond donors (Lipinski definition) is 3. The van der Waals surface area contributed by atoms with Crippen molar-refractivity contribution in [3.63, 3.8) is 0 Å². The lowest BCUT2D eigenvalue weighted by Crippen LogP contribution is -2.48. The van der Waals surface area contributed by atoms with Gasteiger partial charge in [-0.2, -0.15) is 0 Å². The van der Waals surface area contributed by atoms with Gasteiger partial charge in [-0.3, -0.25) is 9.89 Å². The van der Waals surface area contributed by atoms with Gasteiger partial charge in [0.2, 0.25) is 5.95 Å². The summed E-state index contributed by atoms with van der Waals surface area (Å²) in [7, 11) is 0. The van der Waals surface area contributed by atoms with Gasteiger partial charge < -0.3 is 25.6 Å². The maximum absolute atomic E-state index is 11.7. The molecule has 2 rings (SSSR count). The van der Waals surface area contributed by atoms with Crippen LogP contribution in [-0.4, -0.2) is 91.4 Å².